The normalized spacial score (nSPS) is 16.1. The standard InChI is InChI=1S/C18H15BrN2O2S/c1-12-6-8-13(9-7-12)10-16-17(22)21(18(23)24-16)11-20-15-5-3-2-4-14(15)19/h2-10,20H,11H2,1H3/b16-10+. The number of hydrogen-bond acceptors (Lipinski definition) is 4. The van der Waals surface area contributed by atoms with E-state index in [1.54, 1.807) is 6.08 Å². The van der Waals surface area contributed by atoms with Crippen LogP contribution in [0.4, 0.5) is 10.5 Å². The molecule has 0 saturated carbocycles. The van der Waals surface area contributed by atoms with E-state index in [1.165, 1.54) is 4.90 Å². The Labute approximate surface area is 153 Å². The maximum atomic E-state index is 12.5. The van der Waals surface area contributed by atoms with Crippen LogP contribution >= 0.6 is 27.7 Å². The number of nitrogens with one attached hydrogen (secondary N) is 1. The molecule has 0 spiro atoms. The Hall–Kier alpha value is -2.05. The average molecular weight is 403 g/mol. The van der Waals surface area contributed by atoms with Gasteiger partial charge in [-0.3, -0.25) is 14.5 Å². The van der Waals surface area contributed by atoms with Gasteiger partial charge in [0.25, 0.3) is 11.1 Å². The van der Waals surface area contributed by atoms with Gasteiger partial charge < -0.3 is 5.32 Å². The Morgan fingerprint density at radius 1 is 1.12 bits per heavy atom. The monoisotopic (exact) mass is 402 g/mol. The fraction of sp³-hybridized carbons (Fsp3) is 0.111. The molecule has 1 fully saturated rings. The van der Waals surface area contributed by atoms with Gasteiger partial charge in [-0.15, -0.1) is 0 Å². The number of rotatable bonds is 4. The number of hydrogen-bond donors (Lipinski definition) is 1. The van der Waals surface area contributed by atoms with Crippen LogP contribution < -0.4 is 5.32 Å². The van der Waals surface area contributed by atoms with E-state index < -0.39 is 0 Å². The minimum absolute atomic E-state index is 0.137. The Balaban J connectivity index is 1.72. The van der Waals surface area contributed by atoms with Gasteiger partial charge in [0.05, 0.1) is 11.6 Å². The molecule has 1 saturated heterocycles. The molecule has 0 unspecified atom stereocenters. The highest BCUT2D eigenvalue weighted by Gasteiger charge is 2.34. The smallest absolute Gasteiger partial charge is 0.295 e. The lowest BCUT2D eigenvalue weighted by molar-refractivity contribution is -0.122. The van der Waals surface area contributed by atoms with Crippen molar-refractivity contribution < 1.29 is 9.59 Å². The molecule has 0 bridgehead atoms. The van der Waals surface area contributed by atoms with Crippen molar-refractivity contribution in [2.75, 3.05) is 12.0 Å². The molecule has 4 nitrogen and oxygen atoms in total. The zero-order valence-electron chi connectivity index (χ0n) is 13.0. The van der Waals surface area contributed by atoms with E-state index in [1.807, 2.05) is 55.5 Å². The second-order valence-corrected chi connectivity index (χ2v) is 7.18. The first kappa shape index (κ1) is 16.8. The molecule has 2 amide bonds. The number of anilines is 1. The summed E-state index contributed by atoms with van der Waals surface area (Å²) < 4.78 is 0.882. The molecule has 2 aromatic rings. The van der Waals surface area contributed by atoms with Crippen LogP contribution in [0, 0.1) is 6.92 Å². The highest BCUT2D eigenvalue weighted by atomic mass is 79.9. The summed E-state index contributed by atoms with van der Waals surface area (Å²) >= 11 is 4.40. The van der Waals surface area contributed by atoms with Crippen LogP contribution in [0.2, 0.25) is 0 Å². The topological polar surface area (TPSA) is 49.4 Å². The van der Waals surface area contributed by atoms with E-state index in [4.69, 9.17) is 0 Å². The summed E-state index contributed by atoms with van der Waals surface area (Å²) in [4.78, 5) is 26.2. The molecule has 122 valence electrons. The summed E-state index contributed by atoms with van der Waals surface area (Å²) in [6.07, 6.45) is 1.75. The molecule has 0 aliphatic carbocycles. The zero-order valence-corrected chi connectivity index (χ0v) is 15.4. The number of amides is 2. The molecule has 2 aromatic carbocycles. The van der Waals surface area contributed by atoms with Crippen molar-refractivity contribution in [2.24, 2.45) is 0 Å². The summed E-state index contributed by atoms with van der Waals surface area (Å²) in [7, 11) is 0. The first-order valence-corrected chi connectivity index (χ1v) is 8.96. The molecule has 1 aliphatic heterocycles. The van der Waals surface area contributed by atoms with E-state index in [0.29, 0.717) is 4.91 Å². The first-order chi connectivity index (χ1) is 11.5. The fourth-order valence-electron chi connectivity index (χ4n) is 2.22. The molecule has 1 aliphatic rings. The van der Waals surface area contributed by atoms with Crippen molar-refractivity contribution in [3.63, 3.8) is 0 Å². The van der Waals surface area contributed by atoms with Gasteiger partial charge in [-0.1, -0.05) is 42.0 Å². The van der Waals surface area contributed by atoms with Gasteiger partial charge in [-0.05, 0) is 58.4 Å². The van der Waals surface area contributed by atoms with Crippen LogP contribution in [-0.2, 0) is 4.79 Å². The van der Waals surface area contributed by atoms with Crippen LogP contribution in [0.5, 0.6) is 0 Å². The number of halogens is 1. The molecule has 0 radical (unpaired) electrons. The van der Waals surface area contributed by atoms with Gasteiger partial charge in [0, 0.05) is 10.2 Å². The van der Waals surface area contributed by atoms with Gasteiger partial charge in [0.15, 0.2) is 0 Å². The molecule has 6 heteroatoms. The summed E-state index contributed by atoms with van der Waals surface area (Å²) in [5.41, 5.74) is 2.89. The van der Waals surface area contributed by atoms with Crippen LogP contribution in [-0.4, -0.2) is 22.7 Å². The molecule has 1 heterocycles. The summed E-state index contributed by atoms with van der Waals surface area (Å²) in [5, 5.41) is 2.84. The number of thioether (sulfide) groups is 1. The Morgan fingerprint density at radius 2 is 1.83 bits per heavy atom. The lowest BCUT2D eigenvalue weighted by Gasteiger charge is -2.15. The molecule has 24 heavy (non-hydrogen) atoms. The number of carbonyl (C=O) groups is 2. The maximum Gasteiger partial charge on any atom is 0.295 e. The maximum absolute atomic E-state index is 12.5. The van der Waals surface area contributed by atoms with Crippen molar-refractivity contribution in [3.05, 3.63) is 69.0 Å². The number of carbonyl (C=O) groups excluding carboxylic acids is 2. The van der Waals surface area contributed by atoms with Crippen molar-refractivity contribution in [2.45, 2.75) is 6.92 Å². The van der Waals surface area contributed by atoms with E-state index in [0.717, 1.165) is 33.0 Å². The van der Waals surface area contributed by atoms with Crippen LogP contribution in [0.25, 0.3) is 6.08 Å². The van der Waals surface area contributed by atoms with Crippen molar-refractivity contribution in [1.29, 1.82) is 0 Å². The minimum Gasteiger partial charge on any atom is -0.366 e. The van der Waals surface area contributed by atoms with E-state index in [9.17, 15) is 9.59 Å². The van der Waals surface area contributed by atoms with Gasteiger partial charge in [0.2, 0.25) is 0 Å². The van der Waals surface area contributed by atoms with Crippen molar-refractivity contribution in [3.8, 4) is 0 Å². The Bertz CT molecular complexity index is 818. The van der Waals surface area contributed by atoms with Gasteiger partial charge in [0.1, 0.15) is 0 Å². The summed E-state index contributed by atoms with van der Waals surface area (Å²) in [6, 6.07) is 15.4. The quantitative estimate of drug-likeness (QED) is 0.741. The largest absolute Gasteiger partial charge is 0.366 e. The van der Waals surface area contributed by atoms with Crippen LogP contribution in [0.15, 0.2) is 57.9 Å². The minimum atomic E-state index is -0.273. The van der Waals surface area contributed by atoms with E-state index >= 15 is 0 Å². The fourth-order valence-corrected chi connectivity index (χ4v) is 3.48. The highest BCUT2D eigenvalue weighted by molar-refractivity contribution is 9.10. The third kappa shape index (κ3) is 3.71. The number of para-hydroxylation sites is 1. The third-order valence-corrected chi connectivity index (χ3v) is 5.15. The summed E-state index contributed by atoms with van der Waals surface area (Å²) in [6.45, 7) is 2.14. The molecule has 0 aromatic heterocycles. The first-order valence-electron chi connectivity index (χ1n) is 7.35. The molecular formula is C18H15BrN2O2S. The van der Waals surface area contributed by atoms with Crippen molar-refractivity contribution >= 4 is 50.6 Å². The second kappa shape index (κ2) is 7.23. The Morgan fingerprint density at radius 3 is 2.54 bits per heavy atom. The predicted molar refractivity (Wildman–Crippen MR) is 102 cm³/mol. The molecule has 3 rings (SSSR count). The molecule has 0 atom stereocenters. The number of aryl methyl sites for hydroxylation is 1. The number of imide groups is 1. The lowest BCUT2D eigenvalue weighted by Crippen LogP contribution is -2.33. The lowest BCUT2D eigenvalue weighted by atomic mass is 10.1. The molecular weight excluding hydrogens is 388 g/mol. The second-order valence-electron chi connectivity index (χ2n) is 5.34. The zero-order chi connectivity index (χ0) is 17.1. The van der Waals surface area contributed by atoms with Gasteiger partial charge >= 0.3 is 0 Å². The SMILES string of the molecule is Cc1ccc(/C=C2/SC(=O)N(CNc3ccccc3Br)C2=O)cc1. The predicted octanol–water partition coefficient (Wildman–Crippen LogP) is 4.86. The molecule has 1 N–H and O–H groups in total. The number of benzene rings is 2. The average Bonchev–Trinajstić information content (AvgIpc) is 2.83. The number of nitrogens with zero attached hydrogens (tertiary/aromatic N) is 1. The van der Waals surface area contributed by atoms with E-state index in [-0.39, 0.29) is 17.8 Å². The van der Waals surface area contributed by atoms with Gasteiger partial charge in [-0.25, -0.2) is 0 Å². The van der Waals surface area contributed by atoms with Crippen LogP contribution in [0.3, 0.4) is 0 Å². The van der Waals surface area contributed by atoms with Gasteiger partial charge in [-0.2, -0.15) is 0 Å². The van der Waals surface area contributed by atoms with Crippen molar-refractivity contribution in [1.82, 2.24) is 4.90 Å². The highest BCUT2D eigenvalue weighted by Crippen LogP contribution is 2.32. The van der Waals surface area contributed by atoms with Crippen LogP contribution in [0.1, 0.15) is 11.1 Å². The summed E-state index contributed by atoms with van der Waals surface area (Å²) in [5.74, 6) is -0.273. The Kier molecular flexibility index (Phi) is 5.06. The van der Waals surface area contributed by atoms with E-state index in [2.05, 4.69) is 21.2 Å². The third-order valence-electron chi connectivity index (χ3n) is 3.55.